The fraction of sp³-hybridized carbons (Fsp3) is 0.278. The number of nitrogens with zero attached hydrogens (tertiary/aromatic N) is 2. The van der Waals surface area contributed by atoms with Crippen molar-refractivity contribution in [2.45, 2.75) is 62.7 Å². The number of nitro groups is 1. The molecule has 11 nitrogen and oxygen atoms in total. The largest absolute Gasteiger partial charge is 0.464 e. The van der Waals surface area contributed by atoms with E-state index in [-0.39, 0.29) is 30.2 Å². The van der Waals surface area contributed by atoms with Crippen LogP contribution in [0.5, 0.6) is 0 Å². The zero-order valence-electron chi connectivity index (χ0n) is 27.2. The van der Waals surface area contributed by atoms with Crippen molar-refractivity contribution in [3.8, 4) is 0 Å². The Morgan fingerprint density at radius 3 is 1.85 bits per heavy atom. The molecule has 0 heterocycles. The average molecular weight is 674 g/mol. The van der Waals surface area contributed by atoms with E-state index in [4.69, 9.17) is 9.47 Å². The minimum absolute atomic E-state index is 0.0700. The fourth-order valence-electron chi connectivity index (χ4n) is 5.33. The summed E-state index contributed by atoms with van der Waals surface area (Å²) >= 11 is 0. The summed E-state index contributed by atoms with van der Waals surface area (Å²) in [5.41, 5.74) is -1.74. The van der Waals surface area contributed by atoms with E-state index in [2.05, 4.69) is 4.72 Å². The van der Waals surface area contributed by atoms with Gasteiger partial charge in [0.1, 0.15) is 5.60 Å². The highest BCUT2D eigenvalue weighted by atomic mass is 32.2. The van der Waals surface area contributed by atoms with Crippen LogP contribution in [0.3, 0.4) is 0 Å². The van der Waals surface area contributed by atoms with E-state index in [1.54, 1.807) is 113 Å². The van der Waals surface area contributed by atoms with Crippen LogP contribution in [0.4, 0.5) is 10.5 Å². The monoisotopic (exact) mass is 673 g/mol. The molecule has 0 radical (unpaired) electrons. The predicted octanol–water partition coefficient (Wildman–Crippen LogP) is 6.60. The van der Waals surface area contributed by atoms with Gasteiger partial charge in [-0.25, -0.2) is 22.7 Å². The van der Waals surface area contributed by atoms with Crippen LogP contribution in [-0.2, 0) is 37.3 Å². The van der Waals surface area contributed by atoms with Crippen LogP contribution in [0.15, 0.2) is 120 Å². The number of hydrogen-bond donors (Lipinski definition) is 1. The summed E-state index contributed by atoms with van der Waals surface area (Å²) in [6.45, 7) is 6.49. The Labute approximate surface area is 280 Å². The minimum atomic E-state index is -4.50. The van der Waals surface area contributed by atoms with Crippen LogP contribution in [0.1, 0.15) is 50.4 Å². The second-order valence-corrected chi connectivity index (χ2v) is 13.8. The van der Waals surface area contributed by atoms with E-state index in [1.807, 2.05) is 6.07 Å². The molecule has 4 aromatic rings. The van der Waals surface area contributed by atoms with Gasteiger partial charge in [0.2, 0.25) is 10.0 Å². The normalized spacial score (nSPS) is 13.5. The molecule has 0 fully saturated rings. The van der Waals surface area contributed by atoms with Crippen molar-refractivity contribution >= 4 is 27.8 Å². The topological polar surface area (TPSA) is 145 Å². The summed E-state index contributed by atoms with van der Waals surface area (Å²) in [6, 6.07) is 29.2. The van der Waals surface area contributed by atoms with Crippen molar-refractivity contribution < 1.29 is 32.4 Å². The maximum Gasteiger partial charge on any atom is 0.411 e. The van der Waals surface area contributed by atoms with Gasteiger partial charge in [0.15, 0.2) is 5.54 Å². The highest BCUT2D eigenvalue weighted by Crippen LogP contribution is 2.40. The summed E-state index contributed by atoms with van der Waals surface area (Å²) in [4.78, 5) is 40.8. The SMILES string of the molecule is CCOC(=O)[C@@](Cc1ccccc1)([C@@H](NS(=O)(=O)c1ccc([N+](=O)[O-])cc1)c1ccccc1)N(Cc1ccccc1)C(=O)OC(C)(C)C. The molecule has 0 bridgehead atoms. The molecule has 12 heteroatoms. The van der Waals surface area contributed by atoms with E-state index in [0.717, 1.165) is 24.3 Å². The van der Waals surface area contributed by atoms with Gasteiger partial charge < -0.3 is 9.47 Å². The maximum atomic E-state index is 14.7. The molecule has 0 aliphatic rings. The number of ether oxygens (including phenoxy) is 2. The Morgan fingerprint density at radius 2 is 1.35 bits per heavy atom. The fourth-order valence-corrected chi connectivity index (χ4v) is 6.60. The molecule has 0 saturated carbocycles. The molecule has 48 heavy (non-hydrogen) atoms. The molecule has 0 saturated heterocycles. The Balaban J connectivity index is 2.06. The number of esters is 1. The Hall–Kier alpha value is -5.07. The summed E-state index contributed by atoms with van der Waals surface area (Å²) in [5, 5.41) is 11.3. The average Bonchev–Trinajstić information content (AvgIpc) is 3.06. The molecule has 0 aromatic heterocycles. The van der Waals surface area contributed by atoms with E-state index >= 15 is 0 Å². The lowest BCUT2D eigenvalue weighted by molar-refractivity contribution is -0.384. The van der Waals surface area contributed by atoms with E-state index in [1.165, 1.54) is 4.90 Å². The lowest BCUT2D eigenvalue weighted by Gasteiger charge is -2.47. The lowest BCUT2D eigenvalue weighted by atomic mass is 9.78. The number of amides is 1. The molecule has 1 N–H and O–H groups in total. The van der Waals surface area contributed by atoms with Crippen molar-refractivity contribution in [1.29, 1.82) is 0 Å². The first kappa shape index (κ1) is 35.8. The molecule has 4 aromatic carbocycles. The molecular weight excluding hydrogens is 634 g/mol. The van der Waals surface area contributed by atoms with Crippen LogP contribution in [0.2, 0.25) is 0 Å². The van der Waals surface area contributed by atoms with Gasteiger partial charge in [0.05, 0.1) is 29.0 Å². The number of non-ortho nitro benzene ring substituents is 1. The third-order valence-corrected chi connectivity index (χ3v) is 8.90. The summed E-state index contributed by atoms with van der Waals surface area (Å²) in [5.74, 6) is -0.865. The third-order valence-electron chi connectivity index (χ3n) is 7.47. The summed E-state index contributed by atoms with van der Waals surface area (Å²) in [7, 11) is -4.50. The maximum absolute atomic E-state index is 14.7. The van der Waals surface area contributed by atoms with Crippen molar-refractivity contribution in [3.05, 3.63) is 142 Å². The molecule has 2 atom stereocenters. The molecular formula is C36H39N3O8S. The van der Waals surface area contributed by atoms with Crippen LogP contribution >= 0.6 is 0 Å². The predicted molar refractivity (Wildman–Crippen MR) is 180 cm³/mol. The smallest absolute Gasteiger partial charge is 0.411 e. The molecule has 0 aliphatic heterocycles. The van der Waals surface area contributed by atoms with Gasteiger partial charge in [-0.1, -0.05) is 91.0 Å². The molecule has 252 valence electrons. The number of nitro benzene ring substituents is 1. The Bertz CT molecular complexity index is 1800. The van der Waals surface area contributed by atoms with Gasteiger partial charge in [-0.2, -0.15) is 0 Å². The second kappa shape index (κ2) is 15.2. The molecule has 4 rings (SSSR count). The minimum Gasteiger partial charge on any atom is -0.464 e. The quantitative estimate of drug-likeness (QED) is 0.0950. The van der Waals surface area contributed by atoms with Gasteiger partial charge in [0, 0.05) is 18.6 Å². The van der Waals surface area contributed by atoms with E-state index < -0.39 is 44.2 Å². The Kier molecular flexibility index (Phi) is 11.3. The number of benzene rings is 4. The van der Waals surface area contributed by atoms with Crippen molar-refractivity contribution in [2.24, 2.45) is 0 Å². The summed E-state index contributed by atoms with van der Waals surface area (Å²) < 4.78 is 42.8. The number of hydrogen-bond acceptors (Lipinski definition) is 8. The first-order chi connectivity index (χ1) is 22.8. The molecule has 0 aliphatic carbocycles. The van der Waals surface area contributed by atoms with Crippen molar-refractivity contribution in [3.63, 3.8) is 0 Å². The number of rotatable bonds is 13. The third kappa shape index (κ3) is 8.64. The Morgan fingerprint density at radius 1 is 0.833 bits per heavy atom. The van der Waals surface area contributed by atoms with Crippen LogP contribution in [-0.4, -0.2) is 48.1 Å². The first-order valence-electron chi connectivity index (χ1n) is 15.3. The molecule has 0 unspecified atom stereocenters. The molecule has 0 spiro atoms. The van der Waals surface area contributed by atoms with Crippen LogP contribution in [0, 0.1) is 10.1 Å². The number of carbonyl (C=O) groups excluding carboxylic acids is 2. The number of nitrogens with one attached hydrogen (secondary N) is 1. The van der Waals surface area contributed by atoms with Crippen LogP contribution < -0.4 is 4.72 Å². The van der Waals surface area contributed by atoms with Crippen molar-refractivity contribution in [2.75, 3.05) is 6.61 Å². The van der Waals surface area contributed by atoms with Crippen LogP contribution in [0.25, 0.3) is 0 Å². The van der Waals surface area contributed by atoms with E-state index in [9.17, 15) is 28.1 Å². The second-order valence-electron chi connectivity index (χ2n) is 12.1. The van der Waals surface area contributed by atoms with Gasteiger partial charge in [-0.05, 0) is 56.5 Å². The lowest BCUT2D eigenvalue weighted by Crippen LogP contribution is -2.65. The van der Waals surface area contributed by atoms with Gasteiger partial charge in [-0.3, -0.25) is 15.0 Å². The highest BCUT2D eigenvalue weighted by Gasteiger charge is 2.56. The van der Waals surface area contributed by atoms with Gasteiger partial charge in [0.25, 0.3) is 5.69 Å². The summed E-state index contributed by atoms with van der Waals surface area (Å²) in [6.07, 6.45) is -1.05. The number of carbonyl (C=O) groups is 2. The molecule has 1 amide bonds. The van der Waals surface area contributed by atoms with Crippen molar-refractivity contribution in [1.82, 2.24) is 9.62 Å². The van der Waals surface area contributed by atoms with Gasteiger partial charge >= 0.3 is 12.1 Å². The standard InChI is InChI=1S/C36H39N3O8S/c1-5-46-33(40)36(25-27-15-9-6-10-16-27,38(34(41)47-35(2,3)4)26-28-17-11-7-12-18-28)32(29-19-13-8-14-20-29)37-48(44,45)31-23-21-30(22-24-31)39(42)43/h6-24,32,37H,5,25-26H2,1-4H3/t32-,36+/m0/s1. The van der Waals surface area contributed by atoms with Gasteiger partial charge in [-0.15, -0.1) is 0 Å². The first-order valence-corrected chi connectivity index (χ1v) is 16.8. The highest BCUT2D eigenvalue weighted by molar-refractivity contribution is 7.89. The number of sulfonamides is 1. The zero-order chi connectivity index (χ0) is 35.0. The van der Waals surface area contributed by atoms with E-state index in [0.29, 0.717) is 16.7 Å². The zero-order valence-corrected chi connectivity index (χ0v) is 28.1.